The average Bonchev–Trinajstić information content (AvgIpc) is 3.42. The van der Waals surface area contributed by atoms with Crippen molar-refractivity contribution in [1.82, 2.24) is 4.90 Å². The van der Waals surface area contributed by atoms with Gasteiger partial charge in [-0.15, -0.1) is 11.3 Å². The molecule has 0 aliphatic carbocycles. The van der Waals surface area contributed by atoms with E-state index in [4.69, 9.17) is 9.47 Å². The Labute approximate surface area is 201 Å². The zero-order valence-corrected chi connectivity index (χ0v) is 19.7. The van der Waals surface area contributed by atoms with Crippen LogP contribution in [-0.4, -0.2) is 40.0 Å². The van der Waals surface area contributed by atoms with Gasteiger partial charge >= 0.3 is 0 Å². The molecule has 1 amide bonds. The van der Waals surface area contributed by atoms with Crippen LogP contribution in [0.15, 0.2) is 65.6 Å². The number of likely N-dealkylation sites (tertiary alicyclic amines) is 1. The third kappa shape index (κ3) is 4.49. The summed E-state index contributed by atoms with van der Waals surface area (Å²) in [7, 11) is 0. The first-order valence-electron chi connectivity index (χ1n) is 10.9. The van der Waals surface area contributed by atoms with Gasteiger partial charge in [-0.25, -0.2) is 0 Å². The first-order valence-corrected chi connectivity index (χ1v) is 11.8. The molecule has 3 aromatic rings. The van der Waals surface area contributed by atoms with Gasteiger partial charge in [0, 0.05) is 10.9 Å². The van der Waals surface area contributed by atoms with Crippen molar-refractivity contribution < 1.29 is 29.3 Å². The maximum absolute atomic E-state index is 13.2. The number of carbonyl (C=O) groups excluding carboxylic acids is 2. The Bertz CT molecular complexity index is 1230. The summed E-state index contributed by atoms with van der Waals surface area (Å²) in [5.41, 5.74) is 0.739. The van der Waals surface area contributed by atoms with Crippen LogP contribution in [0.4, 0.5) is 0 Å². The van der Waals surface area contributed by atoms with E-state index in [1.54, 1.807) is 30.3 Å². The zero-order valence-electron chi connectivity index (χ0n) is 18.9. The molecule has 1 atom stereocenters. The molecule has 0 saturated carbocycles. The van der Waals surface area contributed by atoms with Crippen LogP contribution < -0.4 is 9.47 Å². The third-order valence-corrected chi connectivity index (χ3v) is 6.31. The number of ether oxygens (including phenoxy) is 2. The molecule has 0 bridgehead atoms. The van der Waals surface area contributed by atoms with Crippen molar-refractivity contribution in [3.8, 4) is 17.2 Å². The highest BCUT2D eigenvalue weighted by atomic mass is 32.1. The van der Waals surface area contributed by atoms with Gasteiger partial charge < -0.3 is 24.6 Å². The van der Waals surface area contributed by atoms with Crippen LogP contribution in [0.2, 0.25) is 0 Å². The van der Waals surface area contributed by atoms with Crippen molar-refractivity contribution in [1.29, 1.82) is 0 Å². The van der Waals surface area contributed by atoms with Crippen LogP contribution in [0.1, 0.15) is 35.9 Å². The number of hydrogen-bond donors (Lipinski definition) is 2. The minimum Gasteiger partial charge on any atom is -0.508 e. The maximum Gasteiger partial charge on any atom is 0.295 e. The van der Waals surface area contributed by atoms with E-state index in [1.165, 1.54) is 28.4 Å². The topological polar surface area (TPSA) is 96.3 Å². The summed E-state index contributed by atoms with van der Waals surface area (Å²) in [5.74, 6) is -0.955. The Balaban J connectivity index is 1.88. The smallest absolute Gasteiger partial charge is 0.295 e. The molecule has 1 aliphatic rings. The number of amides is 1. The number of phenols is 1. The van der Waals surface area contributed by atoms with E-state index in [9.17, 15) is 19.8 Å². The summed E-state index contributed by atoms with van der Waals surface area (Å²) in [5, 5.41) is 23.4. The highest BCUT2D eigenvalue weighted by Gasteiger charge is 2.46. The highest BCUT2D eigenvalue weighted by Crippen LogP contribution is 2.43. The third-order valence-electron chi connectivity index (χ3n) is 5.45. The molecule has 2 aromatic carbocycles. The van der Waals surface area contributed by atoms with Gasteiger partial charge in [0.2, 0.25) is 0 Å². The largest absolute Gasteiger partial charge is 0.508 e. The second kappa shape index (κ2) is 10.0. The quantitative estimate of drug-likeness (QED) is 0.272. The number of nitrogens with zero attached hydrogens (tertiary/aromatic N) is 1. The summed E-state index contributed by atoms with van der Waals surface area (Å²) in [4.78, 5) is 28.7. The van der Waals surface area contributed by atoms with Gasteiger partial charge in [0.05, 0.1) is 36.9 Å². The van der Waals surface area contributed by atoms with Crippen LogP contribution >= 0.6 is 11.3 Å². The summed E-state index contributed by atoms with van der Waals surface area (Å²) in [6.45, 7) is 4.66. The fraction of sp³-hybridized carbons (Fsp3) is 0.231. The first-order chi connectivity index (χ1) is 16.4. The normalized spacial score (nSPS) is 17.2. The van der Waals surface area contributed by atoms with E-state index < -0.39 is 17.7 Å². The van der Waals surface area contributed by atoms with Crippen LogP contribution in [0.25, 0.3) is 5.76 Å². The molecule has 4 rings (SSSR count). The fourth-order valence-corrected chi connectivity index (χ4v) is 4.73. The molecular weight excluding hydrogens is 454 g/mol. The van der Waals surface area contributed by atoms with Crippen molar-refractivity contribution in [2.24, 2.45) is 0 Å². The number of hydrogen-bond acceptors (Lipinski definition) is 7. The van der Waals surface area contributed by atoms with Crippen molar-refractivity contribution in [2.75, 3.05) is 13.2 Å². The number of ketones is 1. The molecule has 176 valence electrons. The van der Waals surface area contributed by atoms with E-state index in [-0.39, 0.29) is 29.2 Å². The second-order valence-corrected chi connectivity index (χ2v) is 8.66. The van der Waals surface area contributed by atoms with E-state index in [2.05, 4.69) is 0 Å². The average molecular weight is 480 g/mol. The Kier molecular flexibility index (Phi) is 6.88. The van der Waals surface area contributed by atoms with Crippen molar-refractivity contribution >= 4 is 28.8 Å². The molecule has 7 nitrogen and oxygen atoms in total. The molecule has 1 aliphatic heterocycles. The van der Waals surface area contributed by atoms with Gasteiger partial charge in [0.1, 0.15) is 23.0 Å². The van der Waals surface area contributed by atoms with Crippen LogP contribution in [0.5, 0.6) is 17.2 Å². The van der Waals surface area contributed by atoms with Gasteiger partial charge in [-0.1, -0.05) is 18.2 Å². The van der Waals surface area contributed by atoms with E-state index in [0.29, 0.717) is 30.3 Å². The Morgan fingerprint density at radius 3 is 2.50 bits per heavy atom. The minimum absolute atomic E-state index is 0.00437. The fourth-order valence-electron chi connectivity index (χ4n) is 4.03. The van der Waals surface area contributed by atoms with Crippen LogP contribution in [0.3, 0.4) is 0 Å². The minimum atomic E-state index is -0.879. The lowest BCUT2D eigenvalue weighted by atomic mass is 9.94. The van der Waals surface area contributed by atoms with Crippen LogP contribution in [-0.2, 0) is 16.1 Å². The number of aromatic hydroxyl groups is 1. The van der Waals surface area contributed by atoms with Crippen LogP contribution in [0, 0.1) is 0 Å². The number of benzene rings is 2. The zero-order chi connectivity index (χ0) is 24.2. The second-order valence-electron chi connectivity index (χ2n) is 7.63. The summed E-state index contributed by atoms with van der Waals surface area (Å²) in [6.07, 6.45) is 0. The van der Waals surface area contributed by atoms with Crippen molar-refractivity contribution in [3.63, 3.8) is 0 Å². The summed E-state index contributed by atoms with van der Waals surface area (Å²) >= 11 is 1.47. The molecule has 8 heteroatoms. The Morgan fingerprint density at radius 2 is 1.82 bits per heavy atom. The number of rotatable bonds is 8. The lowest BCUT2D eigenvalue weighted by molar-refractivity contribution is -0.140. The Hall–Kier alpha value is -3.78. The van der Waals surface area contributed by atoms with Gasteiger partial charge in [0.15, 0.2) is 0 Å². The maximum atomic E-state index is 13.2. The predicted molar refractivity (Wildman–Crippen MR) is 129 cm³/mol. The summed E-state index contributed by atoms with van der Waals surface area (Å²) < 4.78 is 11.3. The molecular formula is C26H25NO6S. The van der Waals surface area contributed by atoms with Crippen molar-refractivity contribution in [3.05, 3.63) is 81.6 Å². The lowest BCUT2D eigenvalue weighted by Gasteiger charge is -2.25. The molecule has 2 N–H and O–H groups in total. The lowest BCUT2D eigenvalue weighted by Crippen LogP contribution is -2.28. The van der Waals surface area contributed by atoms with Gasteiger partial charge in [-0.05, 0) is 55.1 Å². The van der Waals surface area contributed by atoms with Crippen molar-refractivity contribution in [2.45, 2.75) is 26.4 Å². The van der Waals surface area contributed by atoms with Gasteiger partial charge in [-0.3, -0.25) is 9.59 Å². The molecule has 1 saturated heterocycles. The molecule has 34 heavy (non-hydrogen) atoms. The predicted octanol–water partition coefficient (Wildman–Crippen LogP) is 4.87. The van der Waals surface area contributed by atoms with E-state index >= 15 is 0 Å². The molecule has 1 fully saturated rings. The standard InChI is InChI=1S/C26H25NO6S/c1-3-32-18-10-11-20(21(14-18)33-4-2)24(29)22-23(16-7-5-8-17(28)13-16)27(26(31)25(22)30)15-19-9-6-12-34-19/h5-14,23,28-29H,3-4,15H2,1-2H3/b24-22-. The number of aliphatic hydroxyl groups is 1. The number of aliphatic hydroxyl groups excluding tert-OH is 1. The first kappa shape index (κ1) is 23.4. The van der Waals surface area contributed by atoms with Gasteiger partial charge in [0.25, 0.3) is 11.7 Å². The molecule has 1 unspecified atom stereocenters. The molecule has 2 heterocycles. The van der Waals surface area contributed by atoms with E-state index in [1.807, 2.05) is 31.4 Å². The number of thiophene rings is 1. The summed E-state index contributed by atoms with van der Waals surface area (Å²) in [6, 6.07) is 14.1. The molecule has 0 radical (unpaired) electrons. The molecule has 1 aromatic heterocycles. The van der Waals surface area contributed by atoms with E-state index in [0.717, 1.165) is 4.88 Å². The number of carbonyl (C=O) groups is 2. The monoisotopic (exact) mass is 479 g/mol. The molecule has 0 spiro atoms. The Morgan fingerprint density at radius 1 is 1.03 bits per heavy atom. The van der Waals surface area contributed by atoms with Gasteiger partial charge in [-0.2, -0.15) is 0 Å². The highest BCUT2D eigenvalue weighted by molar-refractivity contribution is 7.09. The SMILES string of the molecule is CCOc1ccc(/C(O)=C2/C(=O)C(=O)N(Cc3cccs3)C2c2cccc(O)c2)c(OCC)c1. The number of Topliss-reactive ketones (excluding diaryl/α,β-unsaturated/α-hetero) is 1. The number of phenolic OH excluding ortho intramolecular Hbond substituents is 1.